The third-order valence-corrected chi connectivity index (χ3v) is 3.05. The molecule has 0 N–H and O–H groups in total. The maximum Gasteiger partial charge on any atom is 0.147 e. The molecule has 0 saturated carbocycles. The number of pyridine rings is 1. The first-order valence-corrected chi connectivity index (χ1v) is 6.19. The summed E-state index contributed by atoms with van der Waals surface area (Å²) in [6.07, 6.45) is 5.01. The molecule has 5 heteroatoms. The number of hydrogen-bond donors (Lipinski definition) is 0. The molecule has 0 fully saturated rings. The first-order chi connectivity index (χ1) is 9.65. The van der Waals surface area contributed by atoms with Crippen LogP contribution in [0.2, 0.25) is 0 Å². The van der Waals surface area contributed by atoms with Gasteiger partial charge in [0, 0.05) is 31.2 Å². The quantitative estimate of drug-likeness (QED) is 0.716. The molecule has 0 unspecified atom stereocenters. The van der Waals surface area contributed by atoms with Crippen molar-refractivity contribution in [2.75, 3.05) is 19.0 Å². The summed E-state index contributed by atoms with van der Waals surface area (Å²) in [5.74, 6) is 0.463. The van der Waals surface area contributed by atoms with Crippen molar-refractivity contribution >= 4 is 16.7 Å². The molecule has 100 valence electrons. The first-order valence-electron chi connectivity index (χ1n) is 6.19. The van der Waals surface area contributed by atoms with E-state index in [0.29, 0.717) is 16.6 Å². The molecule has 4 nitrogen and oxygen atoms in total. The van der Waals surface area contributed by atoms with E-state index in [1.165, 1.54) is 6.07 Å². The fourth-order valence-electron chi connectivity index (χ4n) is 1.96. The highest BCUT2D eigenvalue weighted by Crippen LogP contribution is 2.23. The van der Waals surface area contributed by atoms with Crippen LogP contribution in [0, 0.1) is 5.82 Å². The van der Waals surface area contributed by atoms with Gasteiger partial charge in [-0.15, -0.1) is 0 Å². The third-order valence-electron chi connectivity index (χ3n) is 3.05. The summed E-state index contributed by atoms with van der Waals surface area (Å²) in [6, 6.07) is 6.61. The lowest BCUT2D eigenvalue weighted by Crippen LogP contribution is -2.11. The minimum absolute atomic E-state index is 0.284. The van der Waals surface area contributed by atoms with Crippen LogP contribution in [0.5, 0.6) is 0 Å². The van der Waals surface area contributed by atoms with E-state index in [4.69, 9.17) is 0 Å². The highest BCUT2D eigenvalue weighted by molar-refractivity contribution is 5.83. The zero-order valence-corrected chi connectivity index (χ0v) is 11.2. The molecule has 0 atom stereocenters. The fourth-order valence-corrected chi connectivity index (χ4v) is 1.96. The van der Waals surface area contributed by atoms with Gasteiger partial charge in [0.05, 0.1) is 23.6 Å². The normalized spacial score (nSPS) is 10.8. The highest BCUT2D eigenvalue weighted by atomic mass is 19.1. The van der Waals surface area contributed by atoms with Gasteiger partial charge in [0.2, 0.25) is 0 Å². The predicted octanol–water partition coefficient (Wildman–Crippen LogP) is 2.90. The lowest BCUT2D eigenvalue weighted by molar-refractivity contribution is 0.639. The second-order valence-electron chi connectivity index (χ2n) is 4.69. The lowest BCUT2D eigenvalue weighted by atomic mass is 10.1. The van der Waals surface area contributed by atoms with Crippen LogP contribution in [0.1, 0.15) is 0 Å². The molecule has 0 spiro atoms. The number of rotatable bonds is 2. The van der Waals surface area contributed by atoms with Crippen LogP contribution in [-0.2, 0) is 0 Å². The van der Waals surface area contributed by atoms with Gasteiger partial charge in [-0.2, -0.15) is 0 Å². The van der Waals surface area contributed by atoms with Crippen LogP contribution >= 0.6 is 0 Å². The Morgan fingerprint density at radius 1 is 1.10 bits per heavy atom. The summed E-state index contributed by atoms with van der Waals surface area (Å²) in [5.41, 5.74) is 2.05. The molecule has 0 amide bonds. The zero-order valence-electron chi connectivity index (χ0n) is 11.2. The minimum atomic E-state index is -0.284. The summed E-state index contributed by atoms with van der Waals surface area (Å²) in [6.45, 7) is 0. The van der Waals surface area contributed by atoms with Gasteiger partial charge in [0.1, 0.15) is 11.6 Å². The van der Waals surface area contributed by atoms with Crippen molar-refractivity contribution in [1.29, 1.82) is 0 Å². The fraction of sp³-hybridized carbons (Fsp3) is 0.133. The van der Waals surface area contributed by atoms with Gasteiger partial charge in [0.25, 0.3) is 0 Å². The van der Waals surface area contributed by atoms with E-state index in [1.807, 2.05) is 19.0 Å². The lowest BCUT2D eigenvalue weighted by Gasteiger charge is -2.11. The topological polar surface area (TPSA) is 41.9 Å². The summed E-state index contributed by atoms with van der Waals surface area (Å²) < 4.78 is 13.8. The Balaban J connectivity index is 2.15. The van der Waals surface area contributed by atoms with Gasteiger partial charge in [-0.25, -0.2) is 9.37 Å². The zero-order chi connectivity index (χ0) is 14.1. The number of halogens is 1. The average molecular weight is 268 g/mol. The van der Waals surface area contributed by atoms with Crippen LogP contribution in [0.3, 0.4) is 0 Å². The number of nitrogens with zero attached hydrogens (tertiary/aromatic N) is 4. The van der Waals surface area contributed by atoms with E-state index < -0.39 is 0 Å². The Morgan fingerprint density at radius 3 is 2.75 bits per heavy atom. The molecule has 20 heavy (non-hydrogen) atoms. The molecule has 3 aromatic rings. The summed E-state index contributed by atoms with van der Waals surface area (Å²) in [4.78, 5) is 14.8. The molecular formula is C15H13FN4. The van der Waals surface area contributed by atoms with Crippen molar-refractivity contribution in [1.82, 2.24) is 15.0 Å². The third kappa shape index (κ3) is 2.18. The van der Waals surface area contributed by atoms with Crippen molar-refractivity contribution in [3.8, 4) is 11.3 Å². The SMILES string of the molecule is CN(C)c1cncc(-c2cnc3cccc(F)c3c2)n1. The Hall–Kier alpha value is -2.56. The van der Waals surface area contributed by atoms with E-state index in [1.54, 1.807) is 36.8 Å². The number of aromatic nitrogens is 3. The largest absolute Gasteiger partial charge is 0.361 e. The van der Waals surface area contributed by atoms with E-state index in [0.717, 1.165) is 11.4 Å². The maximum atomic E-state index is 13.8. The molecule has 1 aromatic carbocycles. The van der Waals surface area contributed by atoms with Gasteiger partial charge >= 0.3 is 0 Å². The number of anilines is 1. The summed E-state index contributed by atoms with van der Waals surface area (Å²) >= 11 is 0. The van der Waals surface area contributed by atoms with Crippen molar-refractivity contribution in [3.05, 3.63) is 48.7 Å². The molecule has 0 saturated heterocycles. The van der Waals surface area contributed by atoms with Crippen molar-refractivity contribution in [3.63, 3.8) is 0 Å². The van der Waals surface area contributed by atoms with Gasteiger partial charge in [0.15, 0.2) is 0 Å². The van der Waals surface area contributed by atoms with Crippen LogP contribution in [-0.4, -0.2) is 29.0 Å². The molecule has 0 radical (unpaired) electrons. The number of benzene rings is 1. The van der Waals surface area contributed by atoms with E-state index >= 15 is 0 Å². The molecule has 3 rings (SSSR count). The number of hydrogen-bond acceptors (Lipinski definition) is 4. The number of fused-ring (bicyclic) bond motifs is 1. The second kappa shape index (κ2) is 4.85. The van der Waals surface area contributed by atoms with Crippen molar-refractivity contribution < 1.29 is 4.39 Å². The average Bonchev–Trinajstić information content (AvgIpc) is 2.47. The Bertz CT molecular complexity index is 771. The van der Waals surface area contributed by atoms with Crippen molar-refractivity contribution in [2.24, 2.45) is 0 Å². The Labute approximate surface area is 115 Å². The predicted molar refractivity (Wildman–Crippen MR) is 77.1 cm³/mol. The molecule has 0 aliphatic heterocycles. The molecular weight excluding hydrogens is 255 g/mol. The molecule has 0 bridgehead atoms. The van der Waals surface area contributed by atoms with Gasteiger partial charge in [-0.1, -0.05) is 6.07 Å². The van der Waals surface area contributed by atoms with Crippen LogP contribution in [0.15, 0.2) is 42.9 Å². The monoisotopic (exact) mass is 268 g/mol. The van der Waals surface area contributed by atoms with E-state index in [-0.39, 0.29) is 5.82 Å². The molecule has 0 aliphatic carbocycles. The van der Waals surface area contributed by atoms with Crippen LogP contribution < -0.4 is 4.90 Å². The highest BCUT2D eigenvalue weighted by Gasteiger charge is 2.07. The van der Waals surface area contributed by atoms with Crippen molar-refractivity contribution in [2.45, 2.75) is 0 Å². The smallest absolute Gasteiger partial charge is 0.147 e. The summed E-state index contributed by atoms with van der Waals surface area (Å²) in [7, 11) is 3.79. The van der Waals surface area contributed by atoms with Gasteiger partial charge in [-0.3, -0.25) is 9.97 Å². The Kier molecular flexibility index (Phi) is 3.02. The molecule has 0 aliphatic rings. The van der Waals surface area contributed by atoms with Crippen LogP contribution in [0.25, 0.3) is 22.2 Å². The molecule has 2 heterocycles. The van der Waals surface area contributed by atoms with Gasteiger partial charge < -0.3 is 4.90 Å². The van der Waals surface area contributed by atoms with E-state index in [2.05, 4.69) is 15.0 Å². The Morgan fingerprint density at radius 2 is 1.95 bits per heavy atom. The maximum absolute atomic E-state index is 13.8. The van der Waals surface area contributed by atoms with E-state index in [9.17, 15) is 4.39 Å². The summed E-state index contributed by atoms with van der Waals surface area (Å²) in [5, 5.41) is 0.488. The minimum Gasteiger partial charge on any atom is -0.361 e. The van der Waals surface area contributed by atoms with Gasteiger partial charge in [-0.05, 0) is 18.2 Å². The van der Waals surface area contributed by atoms with Crippen LogP contribution in [0.4, 0.5) is 10.2 Å². The molecule has 2 aromatic heterocycles. The standard InChI is InChI=1S/C15H13FN4/c1-20(2)15-9-17-8-14(19-15)10-6-11-12(16)4-3-5-13(11)18-7-10/h3-9H,1-2H3. The second-order valence-corrected chi connectivity index (χ2v) is 4.69. The first kappa shape index (κ1) is 12.5.